The fourth-order valence-electron chi connectivity index (χ4n) is 4.38. The molecule has 0 amide bonds. The molecule has 0 radical (unpaired) electrons. The van der Waals surface area contributed by atoms with Gasteiger partial charge < -0.3 is 18.9 Å². The molecule has 0 aliphatic carbocycles. The molecule has 0 N–H and O–H groups in total. The van der Waals surface area contributed by atoms with E-state index in [2.05, 4.69) is 27.7 Å². The van der Waals surface area contributed by atoms with Gasteiger partial charge in [0.2, 0.25) is 0 Å². The van der Waals surface area contributed by atoms with Gasteiger partial charge in [0.25, 0.3) is 11.9 Å². The van der Waals surface area contributed by atoms with Crippen molar-refractivity contribution in [2.75, 3.05) is 0 Å². The summed E-state index contributed by atoms with van der Waals surface area (Å²) in [6, 6.07) is 0. The zero-order valence-electron chi connectivity index (χ0n) is 24.2. The van der Waals surface area contributed by atoms with E-state index < -0.39 is 11.9 Å². The van der Waals surface area contributed by atoms with Crippen molar-refractivity contribution in [3.8, 4) is 0 Å². The summed E-state index contributed by atoms with van der Waals surface area (Å²) in [4.78, 5) is 0. The van der Waals surface area contributed by atoms with Crippen LogP contribution in [-0.4, -0.2) is 36.4 Å². The number of rotatable bonds is 20. The highest BCUT2D eigenvalue weighted by molar-refractivity contribution is 4.80. The third kappa shape index (κ3) is 11.4. The highest BCUT2D eigenvalue weighted by Crippen LogP contribution is 2.44. The summed E-state index contributed by atoms with van der Waals surface area (Å²) in [6.07, 6.45) is 7.75. The van der Waals surface area contributed by atoms with Gasteiger partial charge in [0, 0.05) is 11.8 Å². The molecule has 5 heteroatoms. The first-order valence-electron chi connectivity index (χ1n) is 13.8. The Morgan fingerprint density at radius 3 is 0.939 bits per heavy atom. The zero-order valence-corrected chi connectivity index (χ0v) is 24.2. The maximum absolute atomic E-state index is 7.08. The summed E-state index contributed by atoms with van der Waals surface area (Å²) < 4.78 is 33.5. The van der Waals surface area contributed by atoms with Gasteiger partial charge in [-0.25, -0.2) is 0 Å². The second-order valence-electron chi connectivity index (χ2n) is 10.5. The topological polar surface area (TPSA) is 46.2 Å². The standard InChI is InChI=1S/C28H58O5/c1-13-17-19-25(15-3)27(29-21(5)6,30-22(7)8)33-28(31-23(9)10,32-24(11)12)26(16-4)20-18-14-2/h21-26H,13-20H2,1-12H3. The SMILES string of the molecule is CCCCC(CC)C(OC(C)C)(OC(C)C)OC(OC(C)C)(OC(C)C)C(CC)CCCC. The molecular formula is C28H58O5. The van der Waals surface area contributed by atoms with Gasteiger partial charge in [-0.05, 0) is 81.1 Å². The molecule has 0 aromatic carbocycles. The van der Waals surface area contributed by atoms with Crippen molar-refractivity contribution in [1.82, 2.24) is 0 Å². The number of hydrogen-bond acceptors (Lipinski definition) is 5. The van der Waals surface area contributed by atoms with Gasteiger partial charge in [0.05, 0.1) is 24.4 Å². The van der Waals surface area contributed by atoms with Gasteiger partial charge in [-0.15, -0.1) is 0 Å². The van der Waals surface area contributed by atoms with E-state index in [4.69, 9.17) is 23.7 Å². The first-order valence-corrected chi connectivity index (χ1v) is 13.8. The number of unbranched alkanes of at least 4 members (excludes halogenated alkanes) is 2. The zero-order chi connectivity index (χ0) is 25.7. The molecule has 0 aromatic heterocycles. The Bertz CT molecular complexity index is 413. The molecule has 0 rings (SSSR count). The van der Waals surface area contributed by atoms with E-state index in [0.29, 0.717) is 0 Å². The highest BCUT2D eigenvalue weighted by atomic mass is 17.0. The van der Waals surface area contributed by atoms with Crippen molar-refractivity contribution in [2.45, 2.75) is 171 Å². The van der Waals surface area contributed by atoms with Crippen molar-refractivity contribution >= 4 is 0 Å². The summed E-state index contributed by atoms with van der Waals surface area (Å²) in [6.45, 7) is 25.1. The third-order valence-electron chi connectivity index (χ3n) is 5.68. The van der Waals surface area contributed by atoms with E-state index in [1.165, 1.54) is 0 Å². The Hall–Kier alpha value is -0.200. The number of ether oxygens (including phenoxy) is 5. The van der Waals surface area contributed by atoms with Crippen molar-refractivity contribution < 1.29 is 23.7 Å². The van der Waals surface area contributed by atoms with Crippen LogP contribution in [-0.2, 0) is 23.7 Å². The Morgan fingerprint density at radius 2 is 0.758 bits per heavy atom. The molecule has 0 fully saturated rings. The second-order valence-corrected chi connectivity index (χ2v) is 10.5. The minimum atomic E-state index is -1.25. The Kier molecular flexibility index (Phi) is 16.4. The monoisotopic (exact) mass is 474 g/mol. The summed E-state index contributed by atoms with van der Waals surface area (Å²) in [5.74, 6) is -2.40. The normalized spacial score (nSPS) is 15.3. The average molecular weight is 475 g/mol. The summed E-state index contributed by atoms with van der Waals surface area (Å²) in [7, 11) is 0. The van der Waals surface area contributed by atoms with E-state index in [1.54, 1.807) is 0 Å². The first kappa shape index (κ1) is 32.8. The van der Waals surface area contributed by atoms with Gasteiger partial charge in [-0.2, -0.15) is 0 Å². The van der Waals surface area contributed by atoms with Crippen LogP contribution >= 0.6 is 0 Å². The van der Waals surface area contributed by atoms with Crippen LogP contribution in [0.1, 0.15) is 134 Å². The van der Waals surface area contributed by atoms with Crippen molar-refractivity contribution in [1.29, 1.82) is 0 Å². The quantitative estimate of drug-likeness (QED) is 0.166. The molecule has 0 spiro atoms. The summed E-state index contributed by atoms with van der Waals surface area (Å²) in [5, 5.41) is 0. The lowest BCUT2D eigenvalue weighted by Crippen LogP contribution is -2.60. The smallest absolute Gasteiger partial charge is 0.290 e. The maximum atomic E-state index is 7.08. The summed E-state index contributed by atoms with van der Waals surface area (Å²) in [5.41, 5.74) is 0. The molecule has 0 aliphatic heterocycles. The number of hydrogen-bond donors (Lipinski definition) is 0. The predicted octanol–water partition coefficient (Wildman–Crippen LogP) is 8.44. The lowest BCUT2D eigenvalue weighted by atomic mass is 9.93. The maximum Gasteiger partial charge on any atom is 0.290 e. The van der Waals surface area contributed by atoms with Crippen LogP contribution in [0.25, 0.3) is 0 Å². The minimum Gasteiger partial charge on any atom is -0.324 e. The Labute approximate surface area is 206 Å². The lowest BCUT2D eigenvalue weighted by molar-refractivity contribution is -0.543. The largest absolute Gasteiger partial charge is 0.324 e. The predicted molar refractivity (Wildman–Crippen MR) is 138 cm³/mol. The molecule has 2 atom stereocenters. The molecule has 200 valence electrons. The van der Waals surface area contributed by atoms with E-state index >= 15 is 0 Å². The average Bonchev–Trinajstić information content (AvgIpc) is 2.66. The fraction of sp³-hybridized carbons (Fsp3) is 1.00. The molecular weight excluding hydrogens is 416 g/mol. The molecule has 33 heavy (non-hydrogen) atoms. The molecule has 0 aliphatic rings. The molecule has 0 aromatic rings. The van der Waals surface area contributed by atoms with Crippen LogP contribution < -0.4 is 0 Å². The molecule has 2 unspecified atom stereocenters. The molecule has 5 nitrogen and oxygen atoms in total. The Balaban J connectivity index is 6.80. The molecule has 0 heterocycles. The van der Waals surface area contributed by atoms with Gasteiger partial charge >= 0.3 is 0 Å². The van der Waals surface area contributed by atoms with Crippen molar-refractivity contribution in [3.05, 3.63) is 0 Å². The van der Waals surface area contributed by atoms with E-state index in [1.807, 2.05) is 55.4 Å². The van der Waals surface area contributed by atoms with Gasteiger partial charge in [0.1, 0.15) is 0 Å². The highest BCUT2D eigenvalue weighted by Gasteiger charge is 2.55. The van der Waals surface area contributed by atoms with E-state index in [-0.39, 0.29) is 36.3 Å². The van der Waals surface area contributed by atoms with Gasteiger partial charge in [0.15, 0.2) is 0 Å². The van der Waals surface area contributed by atoms with E-state index in [0.717, 1.165) is 51.4 Å². The molecule has 0 saturated carbocycles. The van der Waals surface area contributed by atoms with Crippen LogP contribution in [0, 0.1) is 11.8 Å². The first-order chi connectivity index (χ1) is 15.4. The van der Waals surface area contributed by atoms with Gasteiger partial charge in [-0.1, -0.05) is 53.4 Å². The third-order valence-corrected chi connectivity index (χ3v) is 5.68. The minimum absolute atomic E-state index is 0.0526. The lowest BCUT2D eigenvalue weighted by Gasteiger charge is -2.50. The summed E-state index contributed by atoms with van der Waals surface area (Å²) >= 11 is 0. The van der Waals surface area contributed by atoms with Crippen molar-refractivity contribution in [2.24, 2.45) is 11.8 Å². The van der Waals surface area contributed by atoms with Crippen molar-refractivity contribution in [3.63, 3.8) is 0 Å². The van der Waals surface area contributed by atoms with E-state index in [9.17, 15) is 0 Å². The van der Waals surface area contributed by atoms with Crippen LogP contribution in [0.3, 0.4) is 0 Å². The molecule has 0 saturated heterocycles. The van der Waals surface area contributed by atoms with Gasteiger partial charge in [-0.3, -0.25) is 4.74 Å². The fourth-order valence-corrected chi connectivity index (χ4v) is 4.38. The van der Waals surface area contributed by atoms with Crippen LogP contribution in [0.5, 0.6) is 0 Å². The molecule has 0 bridgehead atoms. The van der Waals surface area contributed by atoms with Crippen LogP contribution in [0.15, 0.2) is 0 Å². The Morgan fingerprint density at radius 1 is 0.485 bits per heavy atom. The van der Waals surface area contributed by atoms with Crippen LogP contribution in [0.2, 0.25) is 0 Å². The second kappa shape index (κ2) is 16.5. The van der Waals surface area contributed by atoms with Crippen LogP contribution in [0.4, 0.5) is 0 Å².